The molecular weight excluding hydrogens is 230 g/mol. The summed E-state index contributed by atoms with van der Waals surface area (Å²) in [6.45, 7) is 7.48. The SMILES string of the molecule is CN(C)CCCN(CCC#N)C(=O)OC(C)(C)C. The van der Waals surface area contributed by atoms with Gasteiger partial charge in [-0.05, 0) is 47.8 Å². The Morgan fingerprint density at radius 3 is 2.28 bits per heavy atom. The van der Waals surface area contributed by atoms with E-state index in [9.17, 15) is 4.79 Å². The molecule has 0 bridgehead atoms. The highest BCUT2D eigenvalue weighted by Crippen LogP contribution is 2.10. The van der Waals surface area contributed by atoms with Crippen LogP contribution in [0.4, 0.5) is 4.79 Å². The summed E-state index contributed by atoms with van der Waals surface area (Å²) < 4.78 is 5.32. The van der Waals surface area contributed by atoms with Gasteiger partial charge in [-0.2, -0.15) is 5.26 Å². The first-order valence-corrected chi connectivity index (χ1v) is 6.26. The molecule has 0 rings (SSSR count). The lowest BCUT2D eigenvalue weighted by Crippen LogP contribution is -2.38. The van der Waals surface area contributed by atoms with E-state index in [1.54, 1.807) is 4.90 Å². The lowest BCUT2D eigenvalue weighted by molar-refractivity contribution is 0.0249. The van der Waals surface area contributed by atoms with Gasteiger partial charge in [-0.3, -0.25) is 0 Å². The van der Waals surface area contributed by atoms with Crippen molar-refractivity contribution in [1.29, 1.82) is 5.26 Å². The number of hydrogen-bond donors (Lipinski definition) is 0. The van der Waals surface area contributed by atoms with Crippen molar-refractivity contribution in [3.63, 3.8) is 0 Å². The number of amides is 1. The number of nitriles is 1. The van der Waals surface area contributed by atoms with Gasteiger partial charge in [-0.1, -0.05) is 0 Å². The molecule has 0 aliphatic heterocycles. The molecule has 0 fully saturated rings. The highest BCUT2D eigenvalue weighted by atomic mass is 16.6. The molecule has 104 valence electrons. The van der Waals surface area contributed by atoms with Crippen molar-refractivity contribution in [2.45, 2.75) is 39.2 Å². The van der Waals surface area contributed by atoms with Gasteiger partial charge in [0, 0.05) is 13.1 Å². The first-order chi connectivity index (χ1) is 8.26. The van der Waals surface area contributed by atoms with Gasteiger partial charge in [0.2, 0.25) is 0 Å². The lowest BCUT2D eigenvalue weighted by Gasteiger charge is -2.27. The molecule has 0 unspecified atom stereocenters. The zero-order valence-electron chi connectivity index (χ0n) is 12.2. The molecule has 0 aliphatic rings. The third kappa shape index (κ3) is 8.82. The Bertz CT molecular complexity index is 290. The van der Waals surface area contributed by atoms with Crippen molar-refractivity contribution < 1.29 is 9.53 Å². The number of rotatable bonds is 6. The van der Waals surface area contributed by atoms with Crippen molar-refractivity contribution >= 4 is 6.09 Å². The summed E-state index contributed by atoms with van der Waals surface area (Å²) in [6.07, 6.45) is 0.871. The second-order valence-electron chi connectivity index (χ2n) is 5.53. The second-order valence-corrected chi connectivity index (χ2v) is 5.53. The third-order valence-corrected chi connectivity index (χ3v) is 2.18. The zero-order valence-corrected chi connectivity index (χ0v) is 12.2. The minimum atomic E-state index is -0.497. The van der Waals surface area contributed by atoms with Crippen LogP contribution in [0.15, 0.2) is 0 Å². The molecule has 0 aromatic rings. The lowest BCUT2D eigenvalue weighted by atomic mass is 10.2. The average molecular weight is 255 g/mol. The molecule has 0 aliphatic carbocycles. The van der Waals surface area contributed by atoms with Crippen LogP contribution in [0.25, 0.3) is 0 Å². The van der Waals surface area contributed by atoms with Crippen LogP contribution in [0, 0.1) is 11.3 Å². The molecule has 1 amide bonds. The Balaban J connectivity index is 4.29. The number of carbonyl (C=O) groups excluding carboxylic acids is 1. The van der Waals surface area contributed by atoms with E-state index in [1.165, 1.54) is 0 Å². The summed E-state index contributed by atoms with van der Waals surface area (Å²) in [4.78, 5) is 15.6. The first-order valence-electron chi connectivity index (χ1n) is 6.26. The molecule has 0 spiro atoms. The highest BCUT2D eigenvalue weighted by molar-refractivity contribution is 5.68. The van der Waals surface area contributed by atoms with Gasteiger partial charge in [0.15, 0.2) is 0 Å². The number of hydrogen-bond acceptors (Lipinski definition) is 4. The van der Waals surface area contributed by atoms with Crippen molar-refractivity contribution in [1.82, 2.24) is 9.80 Å². The largest absolute Gasteiger partial charge is 0.444 e. The molecule has 0 saturated carbocycles. The average Bonchev–Trinajstić information content (AvgIpc) is 2.19. The predicted octanol–water partition coefficient (Wildman–Crippen LogP) is 2.09. The number of ether oxygens (including phenoxy) is 1. The molecule has 0 N–H and O–H groups in total. The fraction of sp³-hybridized carbons (Fsp3) is 0.846. The molecular formula is C13H25N3O2. The Morgan fingerprint density at radius 1 is 1.22 bits per heavy atom. The van der Waals surface area contributed by atoms with Gasteiger partial charge >= 0.3 is 6.09 Å². The van der Waals surface area contributed by atoms with Gasteiger partial charge in [-0.15, -0.1) is 0 Å². The van der Waals surface area contributed by atoms with Crippen molar-refractivity contribution in [2.75, 3.05) is 33.7 Å². The van der Waals surface area contributed by atoms with Gasteiger partial charge in [0.05, 0.1) is 12.5 Å². The van der Waals surface area contributed by atoms with Gasteiger partial charge < -0.3 is 14.5 Å². The second kappa shape index (κ2) is 7.93. The van der Waals surface area contributed by atoms with E-state index < -0.39 is 5.60 Å². The Labute approximate surface area is 110 Å². The van der Waals surface area contributed by atoms with Crippen LogP contribution < -0.4 is 0 Å². The van der Waals surface area contributed by atoms with E-state index in [0.29, 0.717) is 19.5 Å². The van der Waals surface area contributed by atoms with Crippen LogP contribution in [0.3, 0.4) is 0 Å². The molecule has 5 nitrogen and oxygen atoms in total. The smallest absolute Gasteiger partial charge is 0.410 e. The van der Waals surface area contributed by atoms with Crippen LogP contribution in [0.2, 0.25) is 0 Å². The maximum atomic E-state index is 11.9. The van der Waals surface area contributed by atoms with E-state index >= 15 is 0 Å². The maximum absolute atomic E-state index is 11.9. The summed E-state index contributed by atoms with van der Waals surface area (Å²) in [5, 5.41) is 8.61. The minimum absolute atomic E-state index is 0.335. The molecule has 0 aromatic carbocycles. The first kappa shape index (κ1) is 16.7. The summed E-state index contributed by atoms with van der Waals surface area (Å²) in [5.74, 6) is 0. The van der Waals surface area contributed by atoms with Gasteiger partial charge in [-0.25, -0.2) is 4.79 Å². The summed E-state index contributed by atoms with van der Waals surface area (Å²) >= 11 is 0. The fourth-order valence-electron chi connectivity index (χ4n) is 1.38. The van der Waals surface area contributed by atoms with Crippen LogP contribution in [-0.2, 0) is 4.74 Å². The van der Waals surface area contributed by atoms with Crippen LogP contribution >= 0.6 is 0 Å². The van der Waals surface area contributed by atoms with E-state index in [2.05, 4.69) is 11.0 Å². The van der Waals surface area contributed by atoms with E-state index in [4.69, 9.17) is 10.00 Å². The topological polar surface area (TPSA) is 56.6 Å². The van der Waals surface area contributed by atoms with Crippen LogP contribution in [0.5, 0.6) is 0 Å². The number of nitrogens with zero attached hydrogens (tertiary/aromatic N) is 3. The van der Waals surface area contributed by atoms with Crippen molar-refractivity contribution in [2.24, 2.45) is 0 Å². The van der Waals surface area contributed by atoms with Crippen molar-refractivity contribution in [3.8, 4) is 6.07 Å². The summed E-state index contributed by atoms with van der Waals surface area (Å²) in [7, 11) is 3.99. The van der Waals surface area contributed by atoms with E-state index in [-0.39, 0.29) is 6.09 Å². The van der Waals surface area contributed by atoms with Gasteiger partial charge in [0.25, 0.3) is 0 Å². The standard InChI is InChI=1S/C13H25N3O2/c1-13(2,3)18-12(17)16(10-6-8-14)11-7-9-15(4)5/h6-7,9-11H2,1-5H3. The summed E-state index contributed by atoms with van der Waals surface area (Å²) in [5.41, 5.74) is -0.497. The monoisotopic (exact) mass is 255 g/mol. The quantitative estimate of drug-likeness (QED) is 0.729. The van der Waals surface area contributed by atoms with Crippen LogP contribution in [0.1, 0.15) is 33.6 Å². The predicted molar refractivity (Wildman–Crippen MR) is 71.2 cm³/mol. The fourth-order valence-corrected chi connectivity index (χ4v) is 1.38. The summed E-state index contributed by atoms with van der Waals surface area (Å²) in [6, 6.07) is 2.06. The van der Waals surface area contributed by atoms with E-state index in [1.807, 2.05) is 34.9 Å². The molecule has 0 atom stereocenters. The molecule has 0 radical (unpaired) electrons. The normalized spacial score (nSPS) is 11.2. The Morgan fingerprint density at radius 2 is 1.83 bits per heavy atom. The molecule has 5 heteroatoms. The van der Waals surface area contributed by atoms with Crippen LogP contribution in [-0.4, -0.2) is 55.2 Å². The van der Waals surface area contributed by atoms with E-state index in [0.717, 1.165) is 13.0 Å². The Hall–Kier alpha value is -1.28. The Kier molecular flexibility index (Phi) is 7.37. The minimum Gasteiger partial charge on any atom is -0.444 e. The van der Waals surface area contributed by atoms with Gasteiger partial charge in [0.1, 0.15) is 5.60 Å². The molecule has 0 heterocycles. The molecule has 0 saturated heterocycles. The molecule has 0 aromatic heterocycles. The van der Waals surface area contributed by atoms with Crippen molar-refractivity contribution in [3.05, 3.63) is 0 Å². The molecule has 18 heavy (non-hydrogen) atoms. The number of carbonyl (C=O) groups is 1. The maximum Gasteiger partial charge on any atom is 0.410 e. The third-order valence-electron chi connectivity index (χ3n) is 2.18. The zero-order chi connectivity index (χ0) is 14.2. The highest BCUT2D eigenvalue weighted by Gasteiger charge is 2.21.